The molecule has 1 rings (SSSR count). The zero-order valence-corrected chi connectivity index (χ0v) is 5.15. The maximum Gasteiger partial charge on any atom is 0.211 e. The van der Waals surface area contributed by atoms with Crippen LogP contribution in [0.5, 0.6) is 0 Å². The summed E-state index contributed by atoms with van der Waals surface area (Å²) >= 11 is 0. The van der Waals surface area contributed by atoms with E-state index in [4.69, 9.17) is 10.3 Å². The molecule has 0 aromatic rings. The average Bonchev–Trinajstić information content (AvgIpc) is 1.80. The summed E-state index contributed by atoms with van der Waals surface area (Å²) in [4.78, 5) is 0. The van der Waals surface area contributed by atoms with E-state index in [2.05, 4.69) is 0 Å². The Kier molecular flexibility index (Phi) is 1.44. The maximum absolute atomic E-state index is 8.83. The number of aliphatic hydroxyl groups is 1. The van der Waals surface area contributed by atoms with Crippen LogP contribution in [0.2, 0.25) is 0 Å². The molecule has 1 unspecified atom stereocenters. The molecule has 0 fully saturated rings. The van der Waals surface area contributed by atoms with Crippen molar-refractivity contribution in [1.82, 2.24) is 5.06 Å². The summed E-state index contributed by atoms with van der Waals surface area (Å²) in [6.07, 6.45) is 4.75. The molecule has 0 saturated carbocycles. The standard InChI is InChI=1S/C6H9NO2/c1-5-2-3-7(9)6(8)4-5/h2-5,8-9H,1H3. The summed E-state index contributed by atoms with van der Waals surface area (Å²) in [5.41, 5.74) is 0. The van der Waals surface area contributed by atoms with Crippen LogP contribution in [0.25, 0.3) is 0 Å². The van der Waals surface area contributed by atoms with Gasteiger partial charge in [-0.15, -0.1) is 0 Å². The summed E-state index contributed by atoms with van der Waals surface area (Å²) in [5, 5.41) is 18.2. The summed E-state index contributed by atoms with van der Waals surface area (Å²) in [6, 6.07) is 0. The predicted octanol–water partition coefficient (Wildman–Crippen LogP) is 1.24. The summed E-state index contributed by atoms with van der Waals surface area (Å²) < 4.78 is 0. The molecule has 0 saturated heterocycles. The lowest BCUT2D eigenvalue weighted by atomic mass is 10.1. The van der Waals surface area contributed by atoms with Crippen molar-refractivity contribution in [2.24, 2.45) is 5.92 Å². The Morgan fingerprint density at radius 3 is 2.78 bits per heavy atom. The molecule has 0 amide bonds. The largest absolute Gasteiger partial charge is 0.493 e. The third kappa shape index (κ3) is 1.23. The molecule has 1 aliphatic rings. The quantitative estimate of drug-likeness (QED) is 0.514. The molecule has 0 radical (unpaired) electrons. The van der Waals surface area contributed by atoms with Crippen LogP contribution in [-0.4, -0.2) is 15.4 Å². The Morgan fingerprint density at radius 2 is 2.33 bits per heavy atom. The van der Waals surface area contributed by atoms with E-state index in [1.165, 1.54) is 6.20 Å². The van der Waals surface area contributed by atoms with Crippen LogP contribution < -0.4 is 0 Å². The molecular weight excluding hydrogens is 118 g/mol. The highest BCUT2D eigenvalue weighted by molar-refractivity contribution is 5.07. The molecule has 9 heavy (non-hydrogen) atoms. The fraction of sp³-hybridized carbons (Fsp3) is 0.333. The van der Waals surface area contributed by atoms with Gasteiger partial charge in [-0.25, -0.2) is 0 Å². The molecule has 1 heterocycles. The van der Waals surface area contributed by atoms with Gasteiger partial charge in [0.25, 0.3) is 0 Å². The van der Waals surface area contributed by atoms with E-state index < -0.39 is 0 Å². The molecule has 0 aromatic carbocycles. The Hall–Kier alpha value is -0.960. The lowest BCUT2D eigenvalue weighted by Gasteiger charge is -2.15. The zero-order valence-electron chi connectivity index (χ0n) is 5.15. The minimum atomic E-state index is -0.106. The normalized spacial score (nSPS) is 26.2. The molecule has 3 heteroatoms. The highest BCUT2D eigenvalue weighted by Crippen LogP contribution is 2.11. The number of hydrogen-bond donors (Lipinski definition) is 2. The van der Waals surface area contributed by atoms with Crippen molar-refractivity contribution >= 4 is 0 Å². The number of nitrogens with zero attached hydrogens (tertiary/aromatic N) is 1. The molecule has 1 aliphatic heterocycles. The van der Waals surface area contributed by atoms with Crippen LogP contribution in [0.1, 0.15) is 6.92 Å². The topological polar surface area (TPSA) is 43.7 Å². The van der Waals surface area contributed by atoms with Gasteiger partial charge < -0.3 is 5.11 Å². The molecule has 0 aromatic heterocycles. The van der Waals surface area contributed by atoms with Crippen molar-refractivity contribution in [1.29, 1.82) is 0 Å². The Balaban J connectivity index is 2.70. The summed E-state index contributed by atoms with van der Waals surface area (Å²) in [5.74, 6) is 0.0957. The summed E-state index contributed by atoms with van der Waals surface area (Å²) in [6.45, 7) is 1.92. The second-order valence-corrected chi connectivity index (χ2v) is 2.07. The molecule has 2 N–H and O–H groups in total. The molecule has 1 atom stereocenters. The van der Waals surface area contributed by atoms with Gasteiger partial charge in [-0.1, -0.05) is 13.0 Å². The molecule has 0 aliphatic carbocycles. The van der Waals surface area contributed by atoms with E-state index in [1.807, 2.05) is 6.92 Å². The zero-order chi connectivity index (χ0) is 6.85. The maximum atomic E-state index is 8.83. The Labute approximate surface area is 53.5 Å². The SMILES string of the molecule is CC1C=CN(O)C(O)=C1. The van der Waals surface area contributed by atoms with Crippen LogP contribution in [0.3, 0.4) is 0 Å². The number of rotatable bonds is 0. The van der Waals surface area contributed by atoms with Gasteiger partial charge in [-0.05, 0) is 12.0 Å². The minimum Gasteiger partial charge on any atom is -0.493 e. The Morgan fingerprint density at radius 1 is 1.67 bits per heavy atom. The minimum absolute atomic E-state index is 0.106. The van der Waals surface area contributed by atoms with Crippen LogP contribution in [-0.2, 0) is 0 Å². The van der Waals surface area contributed by atoms with Crippen molar-refractivity contribution in [3.05, 3.63) is 24.2 Å². The highest BCUT2D eigenvalue weighted by Gasteiger charge is 2.07. The number of aliphatic hydroxyl groups excluding tert-OH is 1. The van der Waals surface area contributed by atoms with Gasteiger partial charge in [0, 0.05) is 6.20 Å². The van der Waals surface area contributed by atoms with E-state index in [0.29, 0.717) is 5.06 Å². The third-order valence-electron chi connectivity index (χ3n) is 1.18. The lowest BCUT2D eigenvalue weighted by Crippen LogP contribution is -2.15. The van der Waals surface area contributed by atoms with Crippen LogP contribution in [0.15, 0.2) is 24.2 Å². The second-order valence-electron chi connectivity index (χ2n) is 2.07. The molecule has 3 nitrogen and oxygen atoms in total. The first-order chi connectivity index (χ1) is 4.20. The van der Waals surface area contributed by atoms with Gasteiger partial charge in [0.1, 0.15) is 0 Å². The Bertz CT molecular complexity index is 162. The van der Waals surface area contributed by atoms with Gasteiger partial charge in [0.05, 0.1) is 0 Å². The second kappa shape index (κ2) is 2.11. The van der Waals surface area contributed by atoms with Crippen LogP contribution in [0.4, 0.5) is 0 Å². The molecule has 0 bridgehead atoms. The first-order valence-electron chi connectivity index (χ1n) is 2.77. The van der Waals surface area contributed by atoms with E-state index in [1.54, 1.807) is 12.2 Å². The highest BCUT2D eigenvalue weighted by atomic mass is 16.5. The summed E-state index contributed by atoms with van der Waals surface area (Å²) in [7, 11) is 0. The average molecular weight is 127 g/mol. The van der Waals surface area contributed by atoms with E-state index in [9.17, 15) is 0 Å². The fourth-order valence-corrected chi connectivity index (χ4v) is 0.661. The van der Waals surface area contributed by atoms with Crippen LogP contribution >= 0.6 is 0 Å². The van der Waals surface area contributed by atoms with Crippen molar-refractivity contribution in [3.63, 3.8) is 0 Å². The van der Waals surface area contributed by atoms with E-state index >= 15 is 0 Å². The van der Waals surface area contributed by atoms with Gasteiger partial charge in [0.2, 0.25) is 5.88 Å². The fourth-order valence-electron chi connectivity index (χ4n) is 0.661. The molecule has 50 valence electrons. The van der Waals surface area contributed by atoms with Gasteiger partial charge >= 0.3 is 0 Å². The first kappa shape index (κ1) is 6.16. The van der Waals surface area contributed by atoms with Gasteiger partial charge in [0.15, 0.2) is 0 Å². The predicted molar refractivity (Wildman–Crippen MR) is 32.6 cm³/mol. The van der Waals surface area contributed by atoms with Crippen molar-refractivity contribution < 1.29 is 10.3 Å². The molecular formula is C6H9NO2. The smallest absolute Gasteiger partial charge is 0.211 e. The monoisotopic (exact) mass is 127 g/mol. The van der Waals surface area contributed by atoms with E-state index in [0.717, 1.165) is 0 Å². The first-order valence-corrected chi connectivity index (χ1v) is 2.77. The van der Waals surface area contributed by atoms with Crippen molar-refractivity contribution in [3.8, 4) is 0 Å². The number of hydrogen-bond acceptors (Lipinski definition) is 3. The van der Waals surface area contributed by atoms with Gasteiger partial charge in [-0.2, -0.15) is 5.06 Å². The van der Waals surface area contributed by atoms with E-state index in [-0.39, 0.29) is 11.8 Å². The number of allylic oxidation sites excluding steroid dienone is 2. The van der Waals surface area contributed by atoms with Crippen molar-refractivity contribution in [2.75, 3.05) is 0 Å². The van der Waals surface area contributed by atoms with Crippen molar-refractivity contribution in [2.45, 2.75) is 6.92 Å². The van der Waals surface area contributed by atoms with Crippen LogP contribution in [0, 0.1) is 5.92 Å². The number of hydroxylamine groups is 2. The molecule has 0 spiro atoms. The third-order valence-corrected chi connectivity index (χ3v) is 1.18. The lowest BCUT2D eigenvalue weighted by molar-refractivity contribution is -0.0496. The van der Waals surface area contributed by atoms with Gasteiger partial charge in [-0.3, -0.25) is 5.21 Å².